The summed E-state index contributed by atoms with van der Waals surface area (Å²) in [5.74, 6) is -1.16. The van der Waals surface area contributed by atoms with Crippen LogP contribution in [0.15, 0.2) is 35.5 Å². The minimum Gasteiger partial charge on any atom is -0.409 e. The number of benzene rings is 1. The molecule has 1 aromatic rings. The second kappa shape index (κ2) is 7.38. The first-order chi connectivity index (χ1) is 9.06. The van der Waals surface area contributed by atoms with Crippen molar-refractivity contribution >= 4 is 11.7 Å². The number of nitrogens with zero attached hydrogens (tertiary/aromatic N) is 2. The lowest BCUT2D eigenvalue weighted by molar-refractivity contribution is -0.121. The van der Waals surface area contributed by atoms with Crippen LogP contribution in [0.2, 0.25) is 0 Å². The molecule has 1 atom stereocenters. The van der Waals surface area contributed by atoms with Crippen molar-refractivity contribution in [3.63, 3.8) is 0 Å². The van der Waals surface area contributed by atoms with E-state index in [0.717, 1.165) is 6.54 Å². The summed E-state index contributed by atoms with van der Waals surface area (Å²) in [6.07, 6.45) is 0. The molecule has 0 aliphatic rings. The molecule has 0 aromatic heterocycles. The maximum Gasteiger partial charge on any atom is 0.235 e. The molecule has 1 rings (SSSR count). The average Bonchev–Trinajstić information content (AvgIpc) is 2.39. The second-order valence-corrected chi connectivity index (χ2v) is 4.46. The number of carbonyl (C=O) groups is 1. The highest BCUT2D eigenvalue weighted by atomic mass is 16.4. The van der Waals surface area contributed by atoms with Gasteiger partial charge in [0.25, 0.3) is 0 Å². The first kappa shape index (κ1) is 15.0. The molecule has 1 aromatic carbocycles. The van der Waals surface area contributed by atoms with E-state index in [0.29, 0.717) is 12.1 Å². The molecule has 0 fully saturated rings. The SMILES string of the molecule is CN(C)CCNC(=O)C(C(N)=NO)c1ccccc1. The lowest BCUT2D eigenvalue weighted by Gasteiger charge is -2.17. The van der Waals surface area contributed by atoms with Crippen molar-refractivity contribution in [2.75, 3.05) is 27.2 Å². The Balaban J connectivity index is 2.78. The van der Waals surface area contributed by atoms with Crippen LogP contribution >= 0.6 is 0 Å². The van der Waals surface area contributed by atoms with Gasteiger partial charge in [-0.1, -0.05) is 35.5 Å². The Labute approximate surface area is 112 Å². The van der Waals surface area contributed by atoms with Gasteiger partial charge >= 0.3 is 0 Å². The number of oxime groups is 1. The number of amidine groups is 1. The number of rotatable bonds is 6. The zero-order valence-electron chi connectivity index (χ0n) is 11.2. The topological polar surface area (TPSA) is 91.0 Å². The van der Waals surface area contributed by atoms with Crippen LogP contribution in [0.1, 0.15) is 11.5 Å². The Morgan fingerprint density at radius 1 is 1.42 bits per heavy atom. The van der Waals surface area contributed by atoms with Gasteiger partial charge in [0.1, 0.15) is 5.92 Å². The smallest absolute Gasteiger partial charge is 0.235 e. The number of hydrogen-bond donors (Lipinski definition) is 3. The minimum atomic E-state index is -0.770. The Kier molecular flexibility index (Phi) is 5.81. The molecule has 19 heavy (non-hydrogen) atoms. The highest BCUT2D eigenvalue weighted by Gasteiger charge is 2.24. The number of amides is 1. The third kappa shape index (κ3) is 4.59. The van der Waals surface area contributed by atoms with Crippen molar-refractivity contribution in [3.05, 3.63) is 35.9 Å². The third-order valence-electron chi connectivity index (χ3n) is 2.66. The van der Waals surface area contributed by atoms with Gasteiger partial charge < -0.3 is 21.2 Å². The van der Waals surface area contributed by atoms with Crippen LogP contribution in [0.5, 0.6) is 0 Å². The van der Waals surface area contributed by atoms with E-state index in [2.05, 4.69) is 10.5 Å². The zero-order chi connectivity index (χ0) is 14.3. The predicted octanol–water partition coefficient (Wildman–Crippen LogP) is 0.194. The Bertz CT molecular complexity index is 432. The summed E-state index contributed by atoms with van der Waals surface area (Å²) in [7, 11) is 3.84. The fraction of sp³-hybridized carbons (Fsp3) is 0.385. The molecule has 0 radical (unpaired) electrons. The van der Waals surface area contributed by atoms with Gasteiger partial charge in [-0.05, 0) is 19.7 Å². The summed E-state index contributed by atoms with van der Waals surface area (Å²) in [4.78, 5) is 14.1. The number of likely N-dealkylation sites (N-methyl/N-ethyl adjacent to an activating group) is 1. The van der Waals surface area contributed by atoms with Crippen LogP contribution in [0.4, 0.5) is 0 Å². The van der Waals surface area contributed by atoms with E-state index in [-0.39, 0.29) is 11.7 Å². The average molecular weight is 264 g/mol. The van der Waals surface area contributed by atoms with E-state index in [1.807, 2.05) is 25.1 Å². The highest BCUT2D eigenvalue weighted by Crippen LogP contribution is 2.15. The molecule has 0 spiro atoms. The van der Waals surface area contributed by atoms with Crippen LogP contribution in [0, 0.1) is 0 Å². The van der Waals surface area contributed by atoms with E-state index in [1.165, 1.54) is 0 Å². The number of carbonyl (C=O) groups excluding carboxylic acids is 1. The molecule has 0 bridgehead atoms. The van der Waals surface area contributed by atoms with Gasteiger partial charge in [-0.25, -0.2) is 0 Å². The fourth-order valence-electron chi connectivity index (χ4n) is 1.66. The van der Waals surface area contributed by atoms with E-state index in [9.17, 15) is 4.79 Å². The van der Waals surface area contributed by atoms with Crippen molar-refractivity contribution in [2.45, 2.75) is 5.92 Å². The number of hydrogen-bond acceptors (Lipinski definition) is 4. The predicted molar refractivity (Wildman–Crippen MR) is 74.2 cm³/mol. The van der Waals surface area contributed by atoms with Crippen molar-refractivity contribution in [3.8, 4) is 0 Å². The van der Waals surface area contributed by atoms with Crippen molar-refractivity contribution in [1.29, 1.82) is 0 Å². The van der Waals surface area contributed by atoms with Crippen molar-refractivity contribution in [1.82, 2.24) is 10.2 Å². The summed E-state index contributed by atoms with van der Waals surface area (Å²) in [5, 5.41) is 14.5. The molecule has 0 heterocycles. The molecule has 0 saturated heterocycles. The van der Waals surface area contributed by atoms with Gasteiger partial charge in [-0.3, -0.25) is 4.79 Å². The molecule has 0 aliphatic carbocycles. The zero-order valence-corrected chi connectivity index (χ0v) is 11.2. The lowest BCUT2D eigenvalue weighted by atomic mass is 9.97. The van der Waals surface area contributed by atoms with Gasteiger partial charge in [0.05, 0.1) is 0 Å². The minimum absolute atomic E-state index is 0.117. The molecule has 1 amide bonds. The van der Waals surface area contributed by atoms with Gasteiger partial charge in [0.15, 0.2) is 5.84 Å². The number of nitrogens with two attached hydrogens (primary N) is 1. The van der Waals surface area contributed by atoms with Gasteiger partial charge in [0, 0.05) is 13.1 Å². The van der Waals surface area contributed by atoms with E-state index < -0.39 is 5.92 Å². The largest absolute Gasteiger partial charge is 0.409 e. The highest BCUT2D eigenvalue weighted by molar-refractivity contribution is 6.07. The maximum absolute atomic E-state index is 12.1. The van der Waals surface area contributed by atoms with Gasteiger partial charge in [-0.15, -0.1) is 0 Å². The van der Waals surface area contributed by atoms with Crippen LogP contribution in [-0.2, 0) is 4.79 Å². The van der Waals surface area contributed by atoms with Crippen LogP contribution in [0.25, 0.3) is 0 Å². The summed E-state index contributed by atoms with van der Waals surface area (Å²) in [5.41, 5.74) is 6.31. The third-order valence-corrected chi connectivity index (χ3v) is 2.66. The Hall–Kier alpha value is -2.08. The summed E-state index contributed by atoms with van der Waals surface area (Å²) in [6, 6.07) is 9.00. The Morgan fingerprint density at radius 2 is 2.05 bits per heavy atom. The maximum atomic E-state index is 12.1. The molecule has 4 N–H and O–H groups in total. The molecule has 104 valence electrons. The van der Waals surface area contributed by atoms with Crippen LogP contribution in [0.3, 0.4) is 0 Å². The standard InChI is InChI=1S/C13H20N4O2/c1-17(2)9-8-15-13(18)11(12(14)16-19)10-6-4-3-5-7-10/h3-7,11,19H,8-9H2,1-2H3,(H2,14,16)(H,15,18). The van der Waals surface area contributed by atoms with Gasteiger partial charge in [0.2, 0.25) is 5.91 Å². The molecular weight excluding hydrogens is 244 g/mol. The van der Waals surface area contributed by atoms with E-state index in [4.69, 9.17) is 10.9 Å². The molecular formula is C13H20N4O2. The van der Waals surface area contributed by atoms with E-state index in [1.54, 1.807) is 24.3 Å². The lowest BCUT2D eigenvalue weighted by Crippen LogP contribution is -2.39. The first-order valence-corrected chi connectivity index (χ1v) is 6.01. The molecule has 0 aliphatic heterocycles. The quantitative estimate of drug-likeness (QED) is 0.296. The van der Waals surface area contributed by atoms with Crippen molar-refractivity contribution in [2.24, 2.45) is 10.9 Å². The van der Waals surface area contributed by atoms with Crippen LogP contribution < -0.4 is 11.1 Å². The summed E-state index contributed by atoms with van der Waals surface area (Å²) >= 11 is 0. The normalized spacial score (nSPS) is 13.3. The number of nitrogens with one attached hydrogen (secondary N) is 1. The van der Waals surface area contributed by atoms with Crippen molar-refractivity contribution < 1.29 is 10.0 Å². The summed E-state index contributed by atoms with van der Waals surface area (Å²) < 4.78 is 0. The van der Waals surface area contributed by atoms with Crippen LogP contribution in [-0.4, -0.2) is 49.0 Å². The molecule has 1 unspecified atom stereocenters. The molecule has 6 heteroatoms. The fourth-order valence-corrected chi connectivity index (χ4v) is 1.66. The Morgan fingerprint density at radius 3 is 2.58 bits per heavy atom. The second-order valence-electron chi connectivity index (χ2n) is 4.46. The molecule has 6 nitrogen and oxygen atoms in total. The van der Waals surface area contributed by atoms with E-state index >= 15 is 0 Å². The molecule has 0 saturated carbocycles. The summed E-state index contributed by atoms with van der Waals surface area (Å²) in [6.45, 7) is 1.23. The van der Waals surface area contributed by atoms with Gasteiger partial charge in [-0.2, -0.15) is 0 Å². The monoisotopic (exact) mass is 264 g/mol. The first-order valence-electron chi connectivity index (χ1n) is 6.01.